The Balaban J connectivity index is 4.05. The Hall–Kier alpha value is -0.220. The van der Waals surface area contributed by atoms with Crippen LogP contribution in [0.5, 0.6) is 0 Å². The molecule has 0 aromatic rings. The van der Waals surface area contributed by atoms with Crippen molar-refractivity contribution < 1.29 is 4.79 Å². The largest absolute Gasteiger partial charge is 0.368 e. The normalized spacial score (nSPS) is 15.6. The molecule has 1 unspecified atom stereocenters. The molecule has 4 heteroatoms. The molecule has 0 bridgehead atoms. The summed E-state index contributed by atoms with van der Waals surface area (Å²) in [5, 5.41) is 3.26. The van der Waals surface area contributed by atoms with Gasteiger partial charge in [-0.1, -0.05) is 27.7 Å². The first-order valence-corrected chi connectivity index (χ1v) is 7.39. The van der Waals surface area contributed by atoms with Crippen LogP contribution in [0.25, 0.3) is 0 Å². The fourth-order valence-corrected chi connectivity index (χ4v) is 2.40. The van der Waals surface area contributed by atoms with Crippen molar-refractivity contribution in [2.45, 2.75) is 64.2 Å². The lowest BCUT2D eigenvalue weighted by molar-refractivity contribution is -0.124. The number of amides is 1. The van der Waals surface area contributed by atoms with Crippen molar-refractivity contribution in [2.24, 2.45) is 5.73 Å². The fourth-order valence-electron chi connectivity index (χ4n) is 1.50. The van der Waals surface area contributed by atoms with Gasteiger partial charge in [0.2, 0.25) is 5.91 Å². The summed E-state index contributed by atoms with van der Waals surface area (Å²) in [6, 6.07) is 0. The molecular weight excluding hydrogens is 232 g/mol. The maximum absolute atomic E-state index is 11.5. The van der Waals surface area contributed by atoms with E-state index in [1.807, 2.05) is 18.7 Å². The average molecular weight is 260 g/mol. The highest BCUT2D eigenvalue weighted by molar-refractivity contribution is 8.00. The van der Waals surface area contributed by atoms with E-state index in [1.165, 1.54) is 0 Å². The van der Waals surface area contributed by atoms with Crippen LogP contribution in [0.3, 0.4) is 0 Å². The third-order valence-corrected chi connectivity index (χ3v) is 4.02. The van der Waals surface area contributed by atoms with Crippen LogP contribution in [0.1, 0.15) is 53.9 Å². The van der Waals surface area contributed by atoms with E-state index < -0.39 is 5.54 Å². The summed E-state index contributed by atoms with van der Waals surface area (Å²) < 4.78 is 0.292. The van der Waals surface area contributed by atoms with Crippen LogP contribution < -0.4 is 11.1 Å². The number of carbonyl (C=O) groups is 1. The van der Waals surface area contributed by atoms with Gasteiger partial charge in [-0.3, -0.25) is 4.79 Å². The second-order valence-corrected chi connectivity index (χ2v) is 7.61. The molecule has 1 amide bonds. The first kappa shape index (κ1) is 16.8. The number of hydrogen-bond acceptors (Lipinski definition) is 3. The molecule has 0 spiro atoms. The molecule has 0 heterocycles. The van der Waals surface area contributed by atoms with Crippen LogP contribution in [0, 0.1) is 0 Å². The predicted octanol–water partition coefficient (Wildman–Crippen LogP) is 2.54. The second kappa shape index (κ2) is 7.27. The number of carbonyl (C=O) groups excluding carboxylic acids is 1. The number of thioether (sulfide) groups is 1. The van der Waals surface area contributed by atoms with E-state index in [1.54, 1.807) is 0 Å². The van der Waals surface area contributed by atoms with Crippen molar-refractivity contribution in [1.82, 2.24) is 5.32 Å². The molecule has 0 aromatic heterocycles. The highest BCUT2D eigenvalue weighted by Crippen LogP contribution is 2.25. The van der Waals surface area contributed by atoms with Crippen molar-refractivity contribution in [3.05, 3.63) is 0 Å². The van der Waals surface area contributed by atoms with Crippen LogP contribution in [0.4, 0.5) is 0 Å². The van der Waals surface area contributed by atoms with E-state index in [0.29, 0.717) is 4.75 Å². The molecular formula is C13H28N2OS. The van der Waals surface area contributed by atoms with Gasteiger partial charge in [0.1, 0.15) is 0 Å². The Bertz CT molecular complexity index is 238. The van der Waals surface area contributed by atoms with Gasteiger partial charge in [0, 0.05) is 4.75 Å². The Morgan fingerprint density at radius 3 is 2.29 bits per heavy atom. The van der Waals surface area contributed by atoms with E-state index in [0.717, 1.165) is 31.6 Å². The summed E-state index contributed by atoms with van der Waals surface area (Å²) in [7, 11) is 0. The highest BCUT2D eigenvalue weighted by Gasteiger charge is 2.29. The topological polar surface area (TPSA) is 55.1 Å². The van der Waals surface area contributed by atoms with E-state index in [9.17, 15) is 4.79 Å². The maximum Gasteiger partial charge on any atom is 0.237 e. The molecule has 0 aliphatic carbocycles. The van der Waals surface area contributed by atoms with Crippen molar-refractivity contribution >= 4 is 17.7 Å². The standard InChI is InChI=1S/C13H28N2OS/c1-6-9-15-13(5,11(14)16)8-7-10-17-12(2,3)4/h15H,6-10H2,1-5H3,(H2,14,16). The molecule has 0 fully saturated rings. The molecule has 3 N–H and O–H groups in total. The van der Waals surface area contributed by atoms with Gasteiger partial charge in [-0.25, -0.2) is 0 Å². The van der Waals surface area contributed by atoms with Crippen molar-refractivity contribution in [3.8, 4) is 0 Å². The molecule has 17 heavy (non-hydrogen) atoms. The molecule has 0 aromatic carbocycles. The van der Waals surface area contributed by atoms with Gasteiger partial charge >= 0.3 is 0 Å². The van der Waals surface area contributed by atoms with Crippen LogP contribution in [0.15, 0.2) is 0 Å². The van der Waals surface area contributed by atoms with Crippen molar-refractivity contribution in [3.63, 3.8) is 0 Å². The van der Waals surface area contributed by atoms with E-state index in [-0.39, 0.29) is 5.91 Å². The van der Waals surface area contributed by atoms with Gasteiger partial charge in [-0.2, -0.15) is 11.8 Å². The zero-order valence-electron chi connectivity index (χ0n) is 11.9. The number of hydrogen-bond donors (Lipinski definition) is 2. The van der Waals surface area contributed by atoms with E-state index in [2.05, 4.69) is 33.0 Å². The van der Waals surface area contributed by atoms with Gasteiger partial charge < -0.3 is 11.1 Å². The second-order valence-electron chi connectivity index (χ2n) is 5.69. The lowest BCUT2D eigenvalue weighted by atomic mass is 9.95. The molecule has 0 saturated heterocycles. The fraction of sp³-hybridized carbons (Fsp3) is 0.923. The zero-order chi connectivity index (χ0) is 13.5. The van der Waals surface area contributed by atoms with E-state index >= 15 is 0 Å². The SMILES string of the molecule is CCCNC(C)(CCCSC(C)(C)C)C(N)=O. The minimum Gasteiger partial charge on any atom is -0.368 e. The summed E-state index contributed by atoms with van der Waals surface area (Å²) in [4.78, 5) is 11.5. The molecule has 0 aliphatic rings. The average Bonchev–Trinajstić information content (AvgIpc) is 2.20. The minimum absolute atomic E-state index is 0.244. The lowest BCUT2D eigenvalue weighted by Crippen LogP contribution is -2.53. The summed E-state index contributed by atoms with van der Waals surface area (Å²) >= 11 is 1.93. The van der Waals surface area contributed by atoms with Gasteiger partial charge in [0.15, 0.2) is 0 Å². The third kappa shape index (κ3) is 7.66. The van der Waals surface area contributed by atoms with Gasteiger partial charge in [0.25, 0.3) is 0 Å². The molecule has 0 rings (SSSR count). The molecule has 0 aliphatic heterocycles. The van der Waals surface area contributed by atoms with E-state index in [4.69, 9.17) is 5.73 Å². The molecule has 0 radical (unpaired) electrons. The number of nitrogens with two attached hydrogens (primary N) is 1. The zero-order valence-corrected chi connectivity index (χ0v) is 12.7. The lowest BCUT2D eigenvalue weighted by Gasteiger charge is -2.28. The summed E-state index contributed by atoms with van der Waals surface area (Å²) in [5.41, 5.74) is 4.92. The van der Waals surface area contributed by atoms with Crippen molar-refractivity contribution in [1.29, 1.82) is 0 Å². The molecule has 1 atom stereocenters. The van der Waals surface area contributed by atoms with Gasteiger partial charge in [-0.15, -0.1) is 0 Å². The summed E-state index contributed by atoms with van der Waals surface area (Å²) in [5.74, 6) is 0.826. The Labute approximate surface area is 110 Å². The first-order chi connectivity index (χ1) is 7.71. The summed E-state index contributed by atoms with van der Waals surface area (Å²) in [6.45, 7) is 11.5. The van der Waals surface area contributed by atoms with Gasteiger partial charge in [-0.05, 0) is 38.5 Å². The van der Waals surface area contributed by atoms with Crippen molar-refractivity contribution in [2.75, 3.05) is 12.3 Å². The summed E-state index contributed by atoms with van der Waals surface area (Å²) in [6.07, 6.45) is 2.84. The highest BCUT2D eigenvalue weighted by atomic mass is 32.2. The van der Waals surface area contributed by atoms with Crippen LogP contribution >= 0.6 is 11.8 Å². The number of primary amides is 1. The number of rotatable bonds is 8. The third-order valence-electron chi connectivity index (χ3n) is 2.67. The monoisotopic (exact) mass is 260 g/mol. The maximum atomic E-state index is 11.5. The molecule has 102 valence electrons. The predicted molar refractivity (Wildman–Crippen MR) is 77.3 cm³/mol. The minimum atomic E-state index is -0.547. The quantitative estimate of drug-likeness (QED) is 0.659. The Morgan fingerprint density at radius 1 is 1.29 bits per heavy atom. The van der Waals surface area contributed by atoms with Crippen LogP contribution in [0.2, 0.25) is 0 Å². The first-order valence-electron chi connectivity index (χ1n) is 6.40. The molecule has 3 nitrogen and oxygen atoms in total. The Morgan fingerprint density at radius 2 is 1.88 bits per heavy atom. The van der Waals surface area contributed by atoms with Gasteiger partial charge in [0.05, 0.1) is 5.54 Å². The molecule has 0 saturated carbocycles. The Kier molecular flexibility index (Phi) is 7.17. The number of nitrogens with one attached hydrogen (secondary N) is 1. The van der Waals surface area contributed by atoms with Crippen LogP contribution in [-0.4, -0.2) is 28.5 Å². The smallest absolute Gasteiger partial charge is 0.237 e. The van der Waals surface area contributed by atoms with Crippen LogP contribution in [-0.2, 0) is 4.79 Å².